The minimum atomic E-state index is -1.51. The first-order chi connectivity index (χ1) is 16.4. The molecule has 0 aromatic rings. The number of rotatable bonds is 12. The first-order valence-electron chi connectivity index (χ1n) is 10.7. The molecule has 0 unspecified atom stereocenters. The van der Waals surface area contributed by atoms with Gasteiger partial charge in [-0.25, -0.2) is 0 Å². The van der Waals surface area contributed by atoms with Crippen LogP contribution >= 0.6 is 15.9 Å². The van der Waals surface area contributed by atoms with Crippen LogP contribution in [0.3, 0.4) is 0 Å². The Kier molecular flexibility index (Phi) is 13.1. The maximum atomic E-state index is 12.1. The van der Waals surface area contributed by atoms with E-state index in [1.54, 1.807) is 0 Å². The molecule has 0 N–H and O–H groups in total. The molecule has 1 heterocycles. The lowest BCUT2D eigenvalue weighted by Gasteiger charge is -2.44. The molecule has 14 heteroatoms. The summed E-state index contributed by atoms with van der Waals surface area (Å²) in [6, 6.07) is 0. The first kappa shape index (κ1) is 30.7. The lowest BCUT2D eigenvalue weighted by Crippen LogP contribution is -2.63. The van der Waals surface area contributed by atoms with Gasteiger partial charge >= 0.3 is 29.8 Å². The van der Waals surface area contributed by atoms with Gasteiger partial charge in [0.1, 0.15) is 12.7 Å². The summed E-state index contributed by atoms with van der Waals surface area (Å²) in [6.45, 7) is 6.04. The van der Waals surface area contributed by atoms with E-state index in [2.05, 4.69) is 15.9 Å². The summed E-state index contributed by atoms with van der Waals surface area (Å²) in [7, 11) is 1.17. The van der Waals surface area contributed by atoms with E-state index >= 15 is 0 Å². The monoisotopic (exact) mass is 570 g/mol. The standard InChI is InChI=1S/C21H31BrO13/c1-7-8-29-20(15(22)19(27)28-6)35-21-18(33-13(5)26)17(32-12(4)25)16(31-11(3)24)14(34-21)9-30-10(2)23/h14-18,20-21H,7-9H2,1-6H3/t14-,15+,16-,17+,18-,20-,21+/m1/s1. The second-order valence-corrected chi connectivity index (χ2v) is 8.35. The van der Waals surface area contributed by atoms with Crippen LogP contribution in [0.4, 0.5) is 0 Å². The van der Waals surface area contributed by atoms with Crippen LogP contribution in [-0.4, -0.2) is 92.0 Å². The number of hydrogen-bond acceptors (Lipinski definition) is 13. The van der Waals surface area contributed by atoms with Gasteiger partial charge in [-0.05, 0) is 6.42 Å². The SMILES string of the molecule is CCCO[C@H](O[C@@H]1O[C@H](COC(C)=O)[C@@H](OC(C)=O)[C@H](OC(C)=O)[C@H]1OC(C)=O)[C@@H](Br)C(=O)OC. The molecule has 0 radical (unpaired) electrons. The molecule has 1 saturated heterocycles. The molecule has 1 aliphatic heterocycles. The van der Waals surface area contributed by atoms with Crippen molar-refractivity contribution in [2.45, 2.75) is 82.9 Å². The largest absolute Gasteiger partial charge is 0.468 e. The number of esters is 5. The lowest BCUT2D eigenvalue weighted by molar-refractivity contribution is -0.338. The Morgan fingerprint density at radius 2 is 1.40 bits per heavy atom. The van der Waals surface area contributed by atoms with E-state index in [0.29, 0.717) is 6.42 Å². The molecule has 0 amide bonds. The highest BCUT2D eigenvalue weighted by Crippen LogP contribution is 2.31. The second-order valence-electron chi connectivity index (χ2n) is 7.37. The summed E-state index contributed by atoms with van der Waals surface area (Å²) in [5.41, 5.74) is 0. The quantitative estimate of drug-likeness (QED) is 0.140. The Balaban J connectivity index is 3.45. The van der Waals surface area contributed by atoms with Crippen molar-refractivity contribution in [1.29, 1.82) is 0 Å². The zero-order chi connectivity index (χ0) is 26.7. The van der Waals surface area contributed by atoms with Crippen LogP contribution in [0.15, 0.2) is 0 Å². The minimum absolute atomic E-state index is 0.176. The molecule has 13 nitrogen and oxygen atoms in total. The Labute approximate surface area is 211 Å². The van der Waals surface area contributed by atoms with Gasteiger partial charge in [0, 0.05) is 34.3 Å². The predicted molar refractivity (Wildman–Crippen MR) is 118 cm³/mol. The summed E-state index contributed by atoms with van der Waals surface area (Å²) in [5.74, 6) is -3.73. The third-order valence-electron chi connectivity index (χ3n) is 4.37. The smallest absolute Gasteiger partial charge is 0.324 e. The van der Waals surface area contributed by atoms with Crippen LogP contribution in [0.25, 0.3) is 0 Å². The molecule has 1 rings (SSSR count). The molecule has 35 heavy (non-hydrogen) atoms. The van der Waals surface area contributed by atoms with Gasteiger partial charge in [-0.15, -0.1) is 0 Å². The van der Waals surface area contributed by atoms with E-state index in [1.807, 2.05) is 6.92 Å². The van der Waals surface area contributed by atoms with Gasteiger partial charge in [0.05, 0.1) is 7.11 Å². The highest BCUT2D eigenvalue weighted by atomic mass is 79.9. The number of halogens is 1. The van der Waals surface area contributed by atoms with Crippen LogP contribution in [-0.2, 0) is 61.9 Å². The predicted octanol–water partition coefficient (Wildman–Crippen LogP) is 0.775. The van der Waals surface area contributed by atoms with Crippen molar-refractivity contribution in [3.05, 3.63) is 0 Å². The van der Waals surface area contributed by atoms with Crippen molar-refractivity contribution < 1.29 is 61.9 Å². The minimum Gasteiger partial charge on any atom is -0.468 e. The molecule has 0 saturated carbocycles. The molecule has 1 aliphatic rings. The number of carbonyl (C=O) groups excluding carboxylic acids is 5. The van der Waals surface area contributed by atoms with E-state index < -0.39 is 78.3 Å². The van der Waals surface area contributed by atoms with Crippen molar-refractivity contribution in [3.8, 4) is 0 Å². The van der Waals surface area contributed by atoms with Gasteiger partial charge < -0.3 is 37.9 Å². The van der Waals surface area contributed by atoms with Crippen LogP contribution < -0.4 is 0 Å². The van der Waals surface area contributed by atoms with Gasteiger partial charge in [-0.3, -0.25) is 24.0 Å². The van der Waals surface area contributed by atoms with Crippen molar-refractivity contribution in [1.82, 2.24) is 0 Å². The average molecular weight is 571 g/mol. The highest BCUT2D eigenvalue weighted by molar-refractivity contribution is 9.10. The van der Waals surface area contributed by atoms with E-state index in [-0.39, 0.29) is 6.61 Å². The average Bonchev–Trinajstić information content (AvgIpc) is 2.76. The summed E-state index contributed by atoms with van der Waals surface area (Å²) < 4.78 is 43.0. The van der Waals surface area contributed by atoms with Crippen molar-refractivity contribution in [2.75, 3.05) is 20.3 Å². The molecule has 1 fully saturated rings. The van der Waals surface area contributed by atoms with E-state index in [9.17, 15) is 24.0 Å². The molecule has 0 aromatic carbocycles. The summed E-state index contributed by atoms with van der Waals surface area (Å²) in [5, 5.41) is 0. The molecule has 0 bridgehead atoms. The summed E-state index contributed by atoms with van der Waals surface area (Å²) in [6.07, 6.45) is -7.67. The Morgan fingerprint density at radius 3 is 1.89 bits per heavy atom. The third-order valence-corrected chi connectivity index (χ3v) is 5.17. The van der Waals surface area contributed by atoms with Gasteiger partial charge in [0.25, 0.3) is 0 Å². The van der Waals surface area contributed by atoms with Gasteiger partial charge in [-0.1, -0.05) is 22.9 Å². The Bertz CT molecular complexity index is 758. The number of carbonyl (C=O) groups is 5. The zero-order valence-corrected chi connectivity index (χ0v) is 21.9. The molecular weight excluding hydrogens is 540 g/mol. The second kappa shape index (κ2) is 15.0. The van der Waals surface area contributed by atoms with E-state index in [1.165, 1.54) is 7.11 Å². The fraction of sp³-hybridized carbons (Fsp3) is 0.762. The van der Waals surface area contributed by atoms with Crippen molar-refractivity contribution >= 4 is 45.8 Å². The maximum absolute atomic E-state index is 12.1. The molecule has 0 spiro atoms. The zero-order valence-electron chi connectivity index (χ0n) is 20.3. The van der Waals surface area contributed by atoms with Crippen molar-refractivity contribution in [2.24, 2.45) is 0 Å². The Hall–Kier alpha value is -2.29. The maximum Gasteiger partial charge on any atom is 0.324 e. The van der Waals surface area contributed by atoms with Gasteiger partial charge in [0.15, 0.2) is 29.4 Å². The van der Waals surface area contributed by atoms with Gasteiger partial charge in [0.2, 0.25) is 6.29 Å². The summed E-state index contributed by atoms with van der Waals surface area (Å²) in [4.78, 5) is 58.0. The summed E-state index contributed by atoms with van der Waals surface area (Å²) >= 11 is 3.15. The van der Waals surface area contributed by atoms with Crippen LogP contribution in [0, 0.1) is 0 Å². The fourth-order valence-corrected chi connectivity index (χ4v) is 3.55. The normalized spacial score (nSPS) is 25.5. The van der Waals surface area contributed by atoms with E-state index in [0.717, 1.165) is 27.7 Å². The molecule has 200 valence electrons. The number of ether oxygens (including phenoxy) is 8. The van der Waals surface area contributed by atoms with Gasteiger partial charge in [-0.2, -0.15) is 0 Å². The third kappa shape index (κ3) is 10.1. The van der Waals surface area contributed by atoms with Crippen LogP contribution in [0.2, 0.25) is 0 Å². The first-order valence-corrected chi connectivity index (χ1v) is 11.6. The number of methoxy groups -OCH3 is 1. The molecule has 7 atom stereocenters. The number of alkyl halides is 1. The number of hydrogen-bond donors (Lipinski definition) is 0. The Morgan fingerprint density at radius 1 is 0.857 bits per heavy atom. The molecular formula is C21H31BrO13. The molecule has 0 aliphatic carbocycles. The fourth-order valence-electron chi connectivity index (χ4n) is 3.08. The van der Waals surface area contributed by atoms with Crippen molar-refractivity contribution in [3.63, 3.8) is 0 Å². The van der Waals surface area contributed by atoms with Crippen LogP contribution in [0.5, 0.6) is 0 Å². The highest BCUT2D eigenvalue weighted by Gasteiger charge is 2.54. The molecule has 0 aromatic heterocycles. The lowest BCUT2D eigenvalue weighted by atomic mass is 9.98. The van der Waals surface area contributed by atoms with E-state index in [4.69, 9.17) is 37.9 Å². The topological polar surface area (TPSA) is 159 Å². The van der Waals surface area contributed by atoms with Crippen LogP contribution in [0.1, 0.15) is 41.0 Å².